The normalized spacial score (nSPS) is 11.7. The molecule has 30 heavy (non-hydrogen) atoms. The van der Waals surface area contributed by atoms with E-state index in [1.54, 1.807) is 0 Å². The smallest absolute Gasteiger partial charge is 0.290 e. The number of H-pyrrole nitrogens is 1. The monoisotopic (exact) mass is 414 g/mol. The Hall–Kier alpha value is -3.74. The number of carbonyl (C=O) groups is 1. The number of phenols is 1. The number of nitriles is 1. The maximum absolute atomic E-state index is 12.8. The van der Waals surface area contributed by atoms with Gasteiger partial charge in [0.2, 0.25) is 0 Å². The van der Waals surface area contributed by atoms with E-state index in [1.165, 1.54) is 38.2 Å². The number of hydrogen-bond acceptors (Lipinski definition) is 7. The highest BCUT2D eigenvalue weighted by Gasteiger charge is 2.22. The Labute approximate surface area is 173 Å². The van der Waals surface area contributed by atoms with E-state index >= 15 is 0 Å². The average molecular weight is 414 g/mol. The van der Waals surface area contributed by atoms with Gasteiger partial charge in [-0.05, 0) is 25.0 Å². The van der Waals surface area contributed by atoms with Gasteiger partial charge in [0, 0.05) is 27.2 Å². The molecule has 1 aromatic carbocycles. The van der Waals surface area contributed by atoms with Gasteiger partial charge in [-0.1, -0.05) is 13.8 Å². The molecule has 4 N–H and O–H groups in total. The van der Waals surface area contributed by atoms with Crippen molar-refractivity contribution >= 4 is 23.0 Å². The molecular formula is C20H26N6O4. The van der Waals surface area contributed by atoms with Crippen LogP contribution >= 0.6 is 0 Å². The van der Waals surface area contributed by atoms with Crippen molar-refractivity contribution in [3.63, 3.8) is 0 Å². The Morgan fingerprint density at radius 1 is 1.23 bits per heavy atom. The van der Waals surface area contributed by atoms with E-state index in [9.17, 15) is 24.8 Å². The van der Waals surface area contributed by atoms with E-state index in [4.69, 9.17) is 0 Å². The van der Waals surface area contributed by atoms with Gasteiger partial charge in [0.1, 0.15) is 11.4 Å². The zero-order valence-corrected chi connectivity index (χ0v) is 17.8. The Morgan fingerprint density at radius 2 is 1.87 bits per heavy atom. The van der Waals surface area contributed by atoms with Crippen LogP contribution in [-0.4, -0.2) is 45.8 Å². The fourth-order valence-electron chi connectivity index (χ4n) is 2.63. The maximum atomic E-state index is 12.8. The molecule has 0 spiro atoms. The van der Waals surface area contributed by atoms with Crippen molar-refractivity contribution in [2.24, 2.45) is 13.0 Å². The van der Waals surface area contributed by atoms with Crippen LogP contribution in [0.15, 0.2) is 21.7 Å². The van der Waals surface area contributed by atoms with Crippen LogP contribution in [0, 0.1) is 17.2 Å². The van der Waals surface area contributed by atoms with E-state index in [0.717, 1.165) is 4.68 Å². The van der Waals surface area contributed by atoms with Crippen LogP contribution in [0.5, 0.6) is 5.75 Å². The van der Waals surface area contributed by atoms with E-state index in [-0.39, 0.29) is 40.1 Å². The van der Waals surface area contributed by atoms with Gasteiger partial charge in [-0.3, -0.25) is 24.2 Å². The maximum Gasteiger partial charge on any atom is 0.290 e. The zero-order valence-electron chi connectivity index (χ0n) is 17.8. The molecule has 1 aromatic heterocycles. The molecule has 0 saturated carbocycles. The number of amides is 1. The molecule has 10 nitrogen and oxygen atoms in total. The summed E-state index contributed by atoms with van der Waals surface area (Å²) in [5, 5.41) is 28.2. The number of nitrogens with one attached hydrogen (secondary N) is 3. The van der Waals surface area contributed by atoms with Crippen LogP contribution in [0.2, 0.25) is 0 Å². The fraction of sp³-hybridized carbons (Fsp3) is 0.400. The molecule has 2 aromatic rings. The molecule has 0 aliphatic carbocycles. The Bertz CT molecular complexity index is 1120. The molecule has 0 bridgehead atoms. The molecule has 1 heterocycles. The number of benzene rings is 1. The van der Waals surface area contributed by atoms with Gasteiger partial charge in [0.05, 0.1) is 22.9 Å². The van der Waals surface area contributed by atoms with E-state index < -0.39 is 22.8 Å². The fourth-order valence-corrected chi connectivity index (χ4v) is 2.63. The molecule has 0 aliphatic rings. The van der Waals surface area contributed by atoms with E-state index in [0.29, 0.717) is 0 Å². The van der Waals surface area contributed by atoms with Gasteiger partial charge in [-0.25, -0.2) is 0 Å². The summed E-state index contributed by atoms with van der Waals surface area (Å²) in [5.74, 6) is -0.780. The molecule has 1 amide bonds. The number of aromatic nitrogens is 2. The second kappa shape index (κ2) is 8.73. The molecule has 2 rings (SSSR count). The summed E-state index contributed by atoms with van der Waals surface area (Å²) in [6.45, 7) is 5.79. The highest BCUT2D eigenvalue weighted by atomic mass is 16.3. The minimum absolute atomic E-state index is 0.00143. The number of hydrogen-bond donors (Lipinski definition) is 4. The molecule has 160 valence electrons. The van der Waals surface area contributed by atoms with Crippen LogP contribution in [0.4, 0.5) is 17.1 Å². The highest BCUT2D eigenvalue weighted by molar-refractivity contribution is 5.99. The van der Waals surface area contributed by atoms with Crippen molar-refractivity contribution in [1.82, 2.24) is 14.7 Å². The minimum Gasteiger partial charge on any atom is -0.505 e. The summed E-state index contributed by atoms with van der Waals surface area (Å²) in [7, 11) is 4.41. The third kappa shape index (κ3) is 4.46. The van der Waals surface area contributed by atoms with Crippen molar-refractivity contribution in [3.05, 3.63) is 44.0 Å². The number of aryl methyl sites for hydroxylation is 1. The quantitative estimate of drug-likeness (QED) is 0.525. The molecule has 1 unspecified atom stereocenters. The first-order chi connectivity index (χ1) is 14.0. The van der Waals surface area contributed by atoms with Crippen molar-refractivity contribution in [3.8, 4) is 11.8 Å². The number of carbonyl (C=O) groups excluding carboxylic acids is 1. The predicted molar refractivity (Wildman–Crippen MR) is 114 cm³/mol. The number of aromatic amines is 1. The molecule has 0 radical (unpaired) electrons. The number of rotatable bonds is 6. The Kier molecular flexibility index (Phi) is 6.56. The number of nitrogens with zero attached hydrogens (tertiary/aromatic N) is 3. The summed E-state index contributed by atoms with van der Waals surface area (Å²) < 4.78 is 1.01. The topological polar surface area (TPSA) is 143 Å². The first kappa shape index (κ1) is 22.5. The van der Waals surface area contributed by atoms with Crippen molar-refractivity contribution in [2.75, 3.05) is 24.7 Å². The van der Waals surface area contributed by atoms with Crippen LogP contribution in [-0.2, 0) is 7.05 Å². The van der Waals surface area contributed by atoms with Crippen LogP contribution < -0.4 is 21.8 Å². The molecule has 1 atom stereocenters. The molecule has 10 heteroatoms. The summed E-state index contributed by atoms with van der Waals surface area (Å²) in [6.07, 6.45) is 0. The first-order valence-corrected chi connectivity index (χ1v) is 9.33. The lowest BCUT2D eigenvalue weighted by atomic mass is 10.1. The number of phenolic OH excluding ortho intramolecular Hbond substituents is 1. The zero-order chi connectivity index (χ0) is 22.7. The summed E-state index contributed by atoms with van der Waals surface area (Å²) >= 11 is 0. The second-order valence-electron chi connectivity index (χ2n) is 7.59. The molecule has 0 fully saturated rings. The Morgan fingerprint density at radius 3 is 2.40 bits per heavy atom. The van der Waals surface area contributed by atoms with Gasteiger partial charge < -0.3 is 20.6 Å². The second-order valence-corrected chi connectivity index (χ2v) is 7.59. The first-order valence-electron chi connectivity index (χ1n) is 9.33. The third-order valence-electron chi connectivity index (χ3n) is 4.77. The van der Waals surface area contributed by atoms with E-state index in [1.807, 2.05) is 26.8 Å². The predicted octanol–water partition coefficient (Wildman–Crippen LogP) is 1.55. The number of aromatic hydroxyl groups is 1. The largest absolute Gasteiger partial charge is 0.505 e. The third-order valence-corrected chi connectivity index (χ3v) is 4.77. The summed E-state index contributed by atoms with van der Waals surface area (Å²) in [4.78, 5) is 38.9. The van der Waals surface area contributed by atoms with Gasteiger partial charge in [-0.15, -0.1) is 0 Å². The van der Waals surface area contributed by atoms with Gasteiger partial charge in [0.25, 0.3) is 17.0 Å². The number of anilines is 3. The lowest BCUT2D eigenvalue weighted by Gasteiger charge is -2.21. The van der Waals surface area contributed by atoms with Crippen molar-refractivity contribution in [1.29, 1.82) is 5.26 Å². The molecule has 0 aliphatic heterocycles. The van der Waals surface area contributed by atoms with Crippen LogP contribution in [0.3, 0.4) is 0 Å². The lowest BCUT2D eigenvalue weighted by molar-refractivity contribution is 0.0824. The minimum atomic E-state index is -0.560. The van der Waals surface area contributed by atoms with Crippen LogP contribution in [0.25, 0.3) is 0 Å². The standard InChI is InChI=1S/C20H26N6O4/c1-10(2)11(3)22-15-16(20(30)26(6)24-18(15)28)23-14-8-12(9-21)7-13(17(14)27)19(29)25(4)5/h7-8,10-11,22-23,27H,1-6H3,(H,24,28). The van der Waals surface area contributed by atoms with Crippen molar-refractivity contribution < 1.29 is 9.90 Å². The SMILES string of the molecule is CC(C)C(C)Nc1c(Nc2cc(C#N)cc(C(=O)N(C)C)c2O)c(=O)n(C)[nH]c1=O. The summed E-state index contributed by atoms with van der Waals surface area (Å²) in [5.41, 5.74) is -1.24. The van der Waals surface area contributed by atoms with Gasteiger partial charge >= 0.3 is 0 Å². The average Bonchev–Trinajstić information content (AvgIpc) is 2.68. The van der Waals surface area contributed by atoms with Gasteiger partial charge in [0.15, 0.2) is 5.75 Å². The molecular weight excluding hydrogens is 388 g/mol. The van der Waals surface area contributed by atoms with Gasteiger partial charge in [-0.2, -0.15) is 5.26 Å². The van der Waals surface area contributed by atoms with Crippen LogP contribution in [0.1, 0.15) is 36.7 Å². The highest BCUT2D eigenvalue weighted by Crippen LogP contribution is 2.33. The van der Waals surface area contributed by atoms with Crippen molar-refractivity contribution in [2.45, 2.75) is 26.8 Å². The Balaban J connectivity index is 2.69. The van der Waals surface area contributed by atoms with E-state index in [2.05, 4.69) is 15.7 Å². The molecule has 0 saturated heterocycles. The summed E-state index contributed by atoms with van der Waals surface area (Å²) in [6, 6.07) is 4.36. The lowest BCUT2D eigenvalue weighted by Crippen LogP contribution is -2.34.